The number of nitrogens with zero attached hydrogens (tertiary/aromatic N) is 1. The molecule has 3 heteroatoms. The van der Waals surface area contributed by atoms with Crippen molar-refractivity contribution in [1.29, 1.82) is 0 Å². The number of oxime groups is 1. The lowest BCUT2D eigenvalue weighted by Gasteiger charge is -1.90. The molecule has 2 aromatic carbocycles. The van der Waals surface area contributed by atoms with Gasteiger partial charge in [-0.1, -0.05) is 59.6 Å². The van der Waals surface area contributed by atoms with Gasteiger partial charge in [0.05, 0.1) is 6.21 Å². The number of hydrogen-bond acceptors (Lipinski definition) is 3. The fraction of sp³-hybridized carbons (Fsp3) is 0. The summed E-state index contributed by atoms with van der Waals surface area (Å²) in [5.74, 6) is 4.37. The lowest BCUT2D eigenvalue weighted by molar-refractivity contribution is -0.136. The second kappa shape index (κ2) is 6.77. The lowest BCUT2D eigenvalue weighted by atomic mass is 10.2. The Labute approximate surface area is 111 Å². The van der Waals surface area contributed by atoms with E-state index in [4.69, 9.17) is 0 Å². The van der Waals surface area contributed by atoms with Crippen molar-refractivity contribution in [2.45, 2.75) is 0 Å². The van der Waals surface area contributed by atoms with Crippen LogP contribution in [0.4, 0.5) is 0 Å². The van der Waals surface area contributed by atoms with Crippen LogP contribution in [0.5, 0.6) is 0 Å². The van der Waals surface area contributed by atoms with Gasteiger partial charge in [-0.2, -0.15) is 0 Å². The maximum absolute atomic E-state index is 11.3. The van der Waals surface area contributed by atoms with Crippen LogP contribution in [0.2, 0.25) is 0 Å². The Morgan fingerprint density at radius 1 is 1.00 bits per heavy atom. The van der Waals surface area contributed by atoms with Crippen LogP contribution in [0, 0.1) is 11.8 Å². The summed E-state index contributed by atoms with van der Waals surface area (Å²) in [6, 6.07) is 18.6. The first-order chi connectivity index (χ1) is 9.34. The Bertz CT molecular complexity index is 622. The van der Waals surface area contributed by atoms with Crippen LogP contribution >= 0.6 is 0 Å². The summed E-state index contributed by atoms with van der Waals surface area (Å²) >= 11 is 0. The van der Waals surface area contributed by atoms with Crippen LogP contribution in [0.15, 0.2) is 65.8 Å². The van der Waals surface area contributed by atoms with Gasteiger partial charge in [-0.3, -0.25) is 0 Å². The van der Waals surface area contributed by atoms with Crippen molar-refractivity contribution in [2.75, 3.05) is 0 Å². The highest BCUT2D eigenvalue weighted by Crippen LogP contribution is 1.96. The minimum atomic E-state index is -0.684. The van der Waals surface area contributed by atoms with Crippen molar-refractivity contribution >= 4 is 12.2 Å². The summed E-state index contributed by atoms with van der Waals surface area (Å²) < 4.78 is 0. The van der Waals surface area contributed by atoms with Crippen molar-refractivity contribution in [1.82, 2.24) is 0 Å². The summed E-state index contributed by atoms with van der Waals surface area (Å²) in [4.78, 5) is 15.9. The van der Waals surface area contributed by atoms with E-state index in [9.17, 15) is 4.79 Å². The van der Waals surface area contributed by atoms with Crippen LogP contribution < -0.4 is 0 Å². The quantitative estimate of drug-likeness (QED) is 0.355. The van der Waals surface area contributed by atoms with Gasteiger partial charge in [0.2, 0.25) is 0 Å². The average molecular weight is 249 g/mol. The minimum absolute atomic E-state index is 0.684. The maximum Gasteiger partial charge on any atom is 0.410 e. The summed E-state index contributed by atoms with van der Waals surface area (Å²) in [6.07, 6.45) is 1.46. The molecular weight excluding hydrogens is 238 g/mol. The molecule has 0 aliphatic heterocycles. The summed E-state index contributed by atoms with van der Waals surface area (Å²) in [5, 5.41) is 3.58. The van der Waals surface area contributed by atoms with Crippen LogP contribution in [0.3, 0.4) is 0 Å². The van der Waals surface area contributed by atoms with E-state index in [0.29, 0.717) is 0 Å². The standard InChI is InChI=1S/C16H11NO2/c18-16(12-11-14-7-3-1-4-8-14)19-17-13-15-9-5-2-6-10-15/h1-10,13H/b17-13+. The first-order valence-electron chi connectivity index (χ1n) is 5.71. The average Bonchev–Trinajstić information content (AvgIpc) is 2.47. The second-order valence-corrected chi connectivity index (χ2v) is 3.64. The van der Waals surface area contributed by atoms with Crippen LogP contribution in [-0.2, 0) is 9.63 Å². The van der Waals surface area contributed by atoms with E-state index in [2.05, 4.69) is 21.8 Å². The van der Waals surface area contributed by atoms with E-state index in [0.717, 1.165) is 11.1 Å². The van der Waals surface area contributed by atoms with Gasteiger partial charge in [0, 0.05) is 11.5 Å². The van der Waals surface area contributed by atoms with Crippen LogP contribution in [0.1, 0.15) is 11.1 Å². The van der Waals surface area contributed by atoms with Gasteiger partial charge in [-0.25, -0.2) is 4.79 Å². The zero-order valence-corrected chi connectivity index (χ0v) is 10.1. The van der Waals surface area contributed by atoms with E-state index in [1.807, 2.05) is 60.7 Å². The summed E-state index contributed by atoms with van der Waals surface area (Å²) in [5.41, 5.74) is 1.61. The van der Waals surface area contributed by atoms with Crippen molar-refractivity contribution in [2.24, 2.45) is 5.16 Å². The molecule has 0 aliphatic rings. The van der Waals surface area contributed by atoms with E-state index >= 15 is 0 Å². The molecule has 0 aromatic heterocycles. The summed E-state index contributed by atoms with van der Waals surface area (Å²) in [6.45, 7) is 0. The smallest absolute Gasteiger partial charge is 0.305 e. The first kappa shape index (κ1) is 12.6. The fourth-order valence-electron chi connectivity index (χ4n) is 1.34. The molecule has 0 atom stereocenters. The molecule has 92 valence electrons. The molecule has 0 saturated carbocycles. The molecule has 0 radical (unpaired) electrons. The number of hydrogen-bond donors (Lipinski definition) is 0. The minimum Gasteiger partial charge on any atom is -0.305 e. The zero-order valence-electron chi connectivity index (χ0n) is 10.1. The predicted octanol–water partition coefficient (Wildman–Crippen LogP) is 2.62. The highest BCUT2D eigenvalue weighted by molar-refractivity contribution is 5.89. The molecule has 19 heavy (non-hydrogen) atoms. The Morgan fingerprint density at radius 3 is 2.32 bits per heavy atom. The van der Waals surface area contributed by atoms with Crippen molar-refractivity contribution in [3.8, 4) is 11.8 Å². The van der Waals surface area contributed by atoms with Gasteiger partial charge in [0.25, 0.3) is 0 Å². The van der Waals surface area contributed by atoms with Gasteiger partial charge in [-0.15, -0.1) is 0 Å². The third-order valence-electron chi connectivity index (χ3n) is 2.22. The van der Waals surface area contributed by atoms with E-state index in [1.54, 1.807) is 0 Å². The molecule has 0 saturated heterocycles. The highest BCUT2D eigenvalue weighted by Gasteiger charge is 1.94. The van der Waals surface area contributed by atoms with Crippen molar-refractivity contribution in [3.05, 3.63) is 71.8 Å². The molecule has 0 aliphatic carbocycles. The number of rotatable bonds is 2. The van der Waals surface area contributed by atoms with Gasteiger partial charge in [0.1, 0.15) is 0 Å². The van der Waals surface area contributed by atoms with Gasteiger partial charge in [-0.05, 0) is 17.7 Å². The molecule has 2 rings (SSSR count). The zero-order chi connectivity index (χ0) is 13.3. The van der Waals surface area contributed by atoms with Gasteiger partial charge < -0.3 is 4.84 Å². The van der Waals surface area contributed by atoms with Gasteiger partial charge >= 0.3 is 5.97 Å². The normalized spacial score (nSPS) is 9.68. The first-order valence-corrected chi connectivity index (χ1v) is 5.71. The maximum atomic E-state index is 11.3. The van der Waals surface area contributed by atoms with E-state index < -0.39 is 5.97 Å². The predicted molar refractivity (Wildman–Crippen MR) is 73.4 cm³/mol. The molecular formula is C16H11NO2. The monoisotopic (exact) mass is 249 g/mol. The second-order valence-electron chi connectivity index (χ2n) is 3.64. The SMILES string of the molecule is O=C(C#Cc1ccccc1)O/N=C/c1ccccc1. The lowest BCUT2D eigenvalue weighted by Crippen LogP contribution is -1.95. The molecule has 3 nitrogen and oxygen atoms in total. The topological polar surface area (TPSA) is 38.7 Å². The molecule has 0 unspecified atom stereocenters. The molecule has 0 spiro atoms. The van der Waals surface area contributed by atoms with Crippen molar-refractivity contribution < 1.29 is 9.63 Å². The van der Waals surface area contributed by atoms with Crippen LogP contribution in [0.25, 0.3) is 0 Å². The fourth-order valence-corrected chi connectivity index (χ4v) is 1.34. The Balaban J connectivity index is 1.89. The Morgan fingerprint density at radius 2 is 1.63 bits per heavy atom. The molecule has 0 N–H and O–H groups in total. The van der Waals surface area contributed by atoms with Crippen LogP contribution in [-0.4, -0.2) is 12.2 Å². The molecule has 0 amide bonds. The van der Waals surface area contributed by atoms with Gasteiger partial charge in [0.15, 0.2) is 0 Å². The summed E-state index contributed by atoms with van der Waals surface area (Å²) in [7, 11) is 0. The molecule has 0 fully saturated rings. The number of benzene rings is 2. The largest absolute Gasteiger partial charge is 0.410 e. The third-order valence-corrected chi connectivity index (χ3v) is 2.22. The molecule has 0 bridgehead atoms. The van der Waals surface area contributed by atoms with E-state index in [-0.39, 0.29) is 0 Å². The number of carbonyl (C=O) groups is 1. The number of carbonyl (C=O) groups excluding carboxylic acids is 1. The molecule has 0 heterocycles. The molecule has 2 aromatic rings. The van der Waals surface area contributed by atoms with Crippen molar-refractivity contribution in [3.63, 3.8) is 0 Å². The van der Waals surface area contributed by atoms with E-state index in [1.165, 1.54) is 6.21 Å². The third kappa shape index (κ3) is 4.49. The Hall–Kier alpha value is -2.86. The Kier molecular flexibility index (Phi) is 4.49. The highest BCUT2D eigenvalue weighted by atomic mass is 16.7.